The molecule has 8 heteroatoms. The van der Waals surface area contributed by atoms with Gasteiger partial charge in [0.05, 0.1) is 11.7 Å². The van der Waals surface area contributed by atoms with E-state index in [0.29, 0.717) is 12.1 Å². The van der Waals surface area contributed by atoms with Crippen LogP contribution in [0, 0.1) is 13.8 Å². The number of phenols is 1. The largest absolute Gasteiger partial charge is 0.508 e. The number of phenolic OH excluding ortho intramolecular Hbond substituents is 1. The Morgan fingerprint density at radius 2 is 1.97 bits per heavy atom. The van der Waals surface area contributed by atoms with Crippen LogP contribution in [0.15, 0.2) is 30.5 Å². The number of benzene rings is 1. The molecule has 2 saturated heterocycles. The summed E-state index contributed by atoms with van der Waals surface area (Å²) >= 11 is 0. The van der Waals surface area contributed by atoms with Gasteiger partial charge in [0.1, 0.15) is 11.6 Å². The summed E-state index contributed by atoms with van der Waals surface area (Å²) in [6.45, 7) is 6.28. The number of carbonyl (C=O) groups excluding carboxylic acids is 1. The Kier molecular flexibility index (Phi) is 5.25. The molecule has 4 heterocycles. The van der Waals surface area contributed by atoms with Crippen molar-refractivity contribution < 1.29 is 9.90 Å². The SMILES string of the molecule is Cc1ccc(C(=O)N2CCCCC2c2cc3nc(N4CCC(N)C4)c(C)cn3n2)cc1O. The molecule has 2 aliphatic heterocycles. The minimum Gasteiger partial charge on any atom is -0.508 e. The Bertz CT molecular complexity index is 1170. The van der Waals surface area contributed by atoms with Crippen molar-refractivity contribution in [1.82, 2.24) is 19.5 Å². The lowest BCUT2D eigenvalue weighted by Gasteiger charge is -2.34. The lowest BCUT2D eigenvalue weighted by atomic mass is 9.98. The lowest BCUT2D eigenvalue weighted by Crippen LogP contribution is -2.38. The Hall–Kier alpha value is -3.13. The molecular weight excluding hydrogens is 404 g/mol. The van der Waals surface area contributed by atoms with E-state index in [2.05, 4.69) is 4.90 Å². The number of hydrogen-bond acceptors (Lipinski definition) is 6. The first-order valence-electron chi connectivity index (χ1n) is 11.4. The van der Waals surface area contributed by atoms with Crippen molar-refractivity contribution in [2.45, 2.75) is 51.6 Å². The number of amides is 1. The molecule has 2 atom stereocenters. The third-order valence-corrected chi connectivity index (χ3v) is 6.71. The van der Waals surface area contributed by atoms with Gasteiger partial charge < -0.3 is 20.6 Å². The fraction of sp³-hybridized carbons (Fsp3) is 0.458. The minimum atomic E-state index is -0.106. The summed E-state index contributed by atoms with van der Waals surface area (Å²) in [6, 6.07) is 7.21. The average molecular weight is 435 g/mol. The third kappa shape index (κ3) is 3.68. The fourth-order valence-corrected chi connectivity index (χ4v) is 4.87. The Labute approximate surface area is 187 Å². The molecule has 2 unspecified atom stereocenters. The first-order valence-corrected chi connectivity index (χ1v) is 11.4. The number of nitrogens with two attached hydrogens (primary N) is 1. The summed E-state index contributed by atoms with van der Waals surface area (Å²) in [5.74, 6) is 1.03. The highest BCUT2D eigenvalue weighted by Gasteiger charge is 2.31. The minimum absolute atomic E-state index is 0.0714. The average Bonchev–Trinajstić information content (AvgIpc) is 3.40. The zero-order valence-electron chi connectivity index (χ0n) is 18.7. The number of hydrogen-bond donors (Lipinski definition) is 2. The van der Waals surface area contributed by atoms with Crippen LogP contribution in [0.25, 0.3) is 5.65 Å². The van der Waals surface area contributed by atoms with Gasteiger partial charge in [-0.25, -0.2) is 9.50 Å². The molecule has 0 saturated carbocycles. The van der Waals surface area contributed by atoms with E-state index in [9.17, 15) is 9.90 Å². The number of aromatic nitrogens is 3. The molecule has 168 valence electrons. The third-order valence-electron chi connectivity index (χ3n) is 6.71. The first kappa shape index (κ1) is 20.8. The van der Waals surface area contributed by atoms with Crippen molar-refractivity contribution in [2.75, 3.05) is 24.5 Å². The molecular formula is C24H30N6O2. The van der Waals surface area contributed by atoms with Gasteiger partial charge in [-0.05, 0) is 57.2 Å². The lowest BCUT2D eigenvalue weighted by molar-refractivity contribution is 0.0605. The Balaban J connectivity index is 1.47. The predicted molar refractivity (Wildman–Crippen MR) is 123 cm³/mol. The number of aromatic hydroxyl groups is 1. The number of nitrogens with zero attached hydrogens (tertiary/aromatic N) is 5. The van der Waals surface area contributed by atoms with Gasteiger partial charge in [0.25, 0.3) is 5.91 Å². The van der Waals surface area contributed by atoms with Crippen molar-refractivity contribution >= 4 is 17.4 Å². The summed E-state index contributed by atoms with van der Waals surface area (Å²) in [5, 5.41) is 14.9. The summed E-state index contributed by atoms with van der Waals surface area (Å²) in [5.41, 5.74) is 10.1. The highest BCUT2D eigenvalue weighted by molar-refractivity contribution is 5.95. The molecule has 2 aliphatic rings. The van der Waals surface area contributed by atoms with Gasteiger partial charge in [-0.15, -0.1) is 0 Å². The van der Waals surface area contributed by atoms with Crippen molar-refractivity contribution in [3.63, 3.8) is 0 Å². The Morgan fingerprint density at radius 3 is 2.72 bits per heavy atom. The van der Waals surface area contributed by atoms with Crippen LogP contribution < -0.4 is 10.6 Å². The second-order valence-electron chi connectivity index (χ2n) is 9.13. The highest BCUT2D eigenvalue weighted by Crippen LogP contribution is 2.33. The highest BCUT2D eigenvalue weighted by atomic mass is 16.3. The second kappa shape index (κ2) is 8.09. The molecule has 1 amide bonds. The van der Waals surface area contributed by atoms with Gasteiger partial charge in [-0.1, -0.05) is 6.07 Å². The van der Waals surface area contributed by atoms with E-state index in [-0.39, 0.29) is 23.7 Å². The molecule has 3 aromatic rings. The molecule has 1 aromatic carbocycles. The van der Waals surface area contributed by atoms with Gasteiger partial charge in [-0.3, -0.25) is 4.79 Å². The zero-order chi connectivity index (χ0) is 22.4. The van der Waals surface area contributed by atoms with E-state index >= 15 is 0 Å². The summed E-state index contributed by atoms with van der Waals surface area (Å²) in [6.07, 6.45) is 5.86. The van der Waals surface area contributed by atoms with E-state index in [1.165, 1.54) is 0 Å². The van der Waals surface area contributed by atoms with Crippen molar-refractivity contribution in [2.24, 2.45) is 5.73 Å². The normalized spacial score (nSPS) is 21.5. The maximum Gasteiger partial charge on any atom is 0.254 e. The quantitative estimate of drug-likeness (QED) is 0.657. The molecule has 0 radical (unpaired) electrons. The molecule has 32 heavy (non-hydrogen) atoms. The molecule has 0 spiro atoms. The molecule has 8 nitrogen and oxygen atoms in total. The van der Waals surface area contributed by atoms with E-state index in [4.69, 9.17) is 15.8 Å². The number of carbonyl (C=O) groups is 1. The maximum absolute atomic E-state index is 13.3. The number of anilines is 1. The number of aryl methyl sites for hydroxylation is 2. The number of likely N-dealkylation sites (tertiary alicyclic amines) is 1. The van der Waals surface area contributed by atoms with Crippen molar-refractivity contribution in [3.05, 3.63) is 52.8 Å². The molecule has 2 fully saturated rings. The van der Waals surface area contributed by atoms with Gasteiger partial charge >= 0.3 is 0 Å². The number of rotatable bonds is 3. The van der Waals surface area contributed by atoms with E-state index < -0.39 is 0 Å². The van der Waals surface area contributed by atoms with Crippen LogP contribution in [0.5, 0.6) is 5.75 Å². The van der Waals surface area contributed by atoms with Crippen LogP contribution in [0.1, 0.15) is 58.9 Å². The number of piperidine rings is 1. The predicted octanol–water partition coefficient (Wildman–Crippen LogP) is 2.96. The van der Waals surface area contributed by atoms with E-state index in [0.717, 1.165) is 67.1 Å². The van der Waals surface area contributed by atoms with Crippen molar-refractivity contribution in [1.29, 1.82) is 0 Å². The summed E-state index contributed by atoms with van der Waals surface area (Å²) in [4.78, 5) is 22.3. The van der Waals surface area contributed by atoms with Gasteiger partial charge in [0.2, 0.25) is 0 Å². The van der Waals surface area contributed by atoms with Crippen LogP contribution in [-0.2, 0) is 0 Å². The van der Waals surface area contributed by atoms with Crippen LogP contribution in [0.2, 0.25) is 0 Å². The smallest absolute Gasteiger partial charge is 0.254 e. The molecule has 5 rings (SSSR count). The Morgan fingerprint density at radius 1 is 1.12 bits per heavy atom. The van der Waals surface area contributed by atoms with Crippen LogP contribution in [0.4, 0.5) is 5.82 Å². The molecule has 2 aromatic heterocycles. The summed E-state index contributed by atoms with van der Waals surface area (Å²) < 4.78 is 1.82. The fourth-order valence-electron chi connectivity index (χ4n) is 4.87. The van der Waals surface area contributed by atoms with E-state index in [1.807, 2.05) is 35.5 Å². The summed E-state index contributed by atoms with van der Waals surface area (Å²) in [7, 11) is 0. The zero-order valence-corrected chi connectivity index (χ0v) is 18.7. The maximum atomic E-state index is 13.3. The molecule has 0 aliphatic carbocycles. The van der Waals surface area contributed by atoms with Gasteiger partial charge in [0, 0.05) is 49.1 Å². The standard InChI is InChI=1S/C24H30N6O2/c1-15-6-7-17(11-21(15)31)24(32)29-9-4-3-5-20(29)19-12-22-26-23(16(2)13-30(22)27-19)28-10-8-18(25)14-28/h6-7,11-13,18,20,31H,3-5,8-10,14,25H2,1-2H3. The second-order valence-corrected chi connectivity index (χ2v) is 9.13. The first-order chi connectivity index (χ1) is 15.4. The van der Waals surface area contributed by atoms with Gasteiger partial charge in [0.15, 0.2) is 5.65 Å². The number of fused-ring (bicyclic) bond motifs is 1. The monoisotopic (exact) mass is 434 g/mol. The van der Waals surface area contributed by atoms with Gasteiger partial charge in [-0.2, -0.15) is 5.10 Å². The van der Waals surface area contributed by atoms with Crippen LogP contribution >= 0.6 is 0 Å². The van der Waals surface area contributed by atoms with E-state index in [1.54, 1.807) is 18.2 Å². The van der Waals surface area contributed by atoms with Crippen molar-refractivity contribution in [3.8, 4) is 5.75 Å². The molecule has 0 bridgehead atoms. The topological polar surface area (TPSA) is 100.0 Å². The molecule has 3 N–H and O–H groups in total. The van der Waals surface area contributed by atoms with Crippen LogP contribution in [-0.4, -0.2) is 56.2 Å². The van der Waals surface area contributed by atoms with Crippen LogP contribution in [0.3, 0.4) is 0 Å².